The number of nitrogens with zero attached hydrogens (tertiary/aromatic N) is 2. The maximum Gasteiger partial charge on any atom is 0.420 e. The molecule has 1 atom stereocenters. The molecule has 0 N–H and O–H groups in total. The number of para-hydroxylation sites is 2. The summed E-state index contributed by atoms with van der Waals surface area (Å²) in [6.07, 6.45) is 1.64. The van der Waals surface area contributed by atoms with E-state index in [9.17, 15) is 19.2 Å². The van der Waals surface area contributed by atoms with E-state index in [0.29, 0.717) is 29.1 Å². The van der Waals surface area contributed by atoms with Crippen LogP contribution in [0.5, 0.6) is 0 Å². The lowest BCUT2D eigenvalue weighted by Crippen LogP contribution is -2.29. The summed E-state index contributed by atoms with van der Waals surface area (Å²) in [6.45, 7) is 1.92. The minimum Gasteiger partial charge on any atom is -0.466 e. The first-order chi connectivity index (χ1) is 13.9. The van der Waals surface area contributed by atoms with Gasteiger partial charge in [-0.2, -0.15) is 0 Å². The quantitative estimate of drug-likeness (QED) is 0.378. The topological polar surface area (TPSA) is 108 Å². The number of oxazole rings is 1. The number of fused-ring (bicyclic) bond motifs is 1. The summed E-state index contributed by atoms with van der Waals surface area (Å²) in [5.74, 6) is -1.62. The van der Waals surface area contributed by atoms with Crippen molar-refractivity contribution in [2.24, 2.45) is 0 Å². The van der Waals surface area contributed by atoms with Crippen LogP contribution in [-0.4, -0.2) is 53.3 Å². The summed E-state index contributed by atoms with van der Waals surface area (Å²) < 4.78 is 16.2. The van der Waals surface area contributed by atoms with E-state index in [2.05, 4.69) is 4.74 Å². The molecule has 1 aromatic heterocycles. The van der Waals surface area contributed by atoms with Crippen molar-refractivity contribution in [2.45, 2.75) is 19.4 Å². The van der Waals surface area contributed by atoms with Crippen molar-refractivity contribution in [1.82, 2.24) is 9.47 Å². The van der Waals surface area contributed by atoms with Crippen molar-refractivity contribution in [3.63, 3.8) is 0 Å². The Kier molecular flexibility index (Phi) is 6.42. The second kappa shape index (κ2) is 8.99. The van der Waals surface area contributed by atoms with Gasteiger partial charge in [0.1, 0.15) is 6.04 Å². The molecule has 1 saturated heterocycles. The van der Waals surface area contributed by atoms with Gasteiger partial charge in [0.05, 0.1) is 36.1 Å². The molecule has 1 amide bonds. The van der Waals surface area contributed by atoms with Crippen LogP contribution in [0, 0.1) is 0 Å². The molecule has 1 aliphatic heterocycles. The normalized spacial score (nSPS) is 16.4. The van der Waals surface area contributed by atoms with Gasteiger partial charge < -0.3 is 18.8 Å². The third-order valence-corrected chi connectivity index (χ3v) is 5.40. The van der Waals surface area contributed by atoms with Crippen molar-refractivity contribution >= 4 is 40.7 Å². The van der Waals surface area contributed by atoms with Gasteiger partial charge in [0.25, 0.3) is 0 Å². The van der Waals surface area contributed by atoms with Crippen LogP contribution in [0.1, 0.15) is 19.4 Å². The van der Waals surface area contributed by atoms with E-state index in [1.54, 1.807) is 31.2 Å². The first kappa shape index (κ1) is 20.7. The lowest BCUT2D eigenvalue weighted by molar-refractivity contribution is -0.147. The van der Waals surface area contributed by atoms with Gasteiger partial charge in [0.2, 0.25) is 5.91 Å². The Morgan fingerprint density at radius 1 is 1.31 bits per heavy atom. The zero-order valence-electron chi connectivity index (χ0n) is 16.0. The van der Waals surface area contributed by atoms with Crippen LogP contribution in [0.3, 0.4) is 0 Å². The fraction of sp³-hybridized carbons (Fsp3) is 0.368. The maximum absolute atomic E-state index is 12.4. The fourth-order valence-electron chi connectivity index (χ4n) is 2.90. The highest BCUT2D eigenvalue weighted by molar-refractivity contribution is 8.04. The van der Waals surface area contributed by atoms with E-state index >= 15 is 0 Å². The van der Waals surface area contributed by atoms with E-state index < -0.39 is 23.7 Å². The van der Waals surface area contributed by atoms with Crippen LogP contribution in [0.4, 0.5) is 0 Å². The van der Waals surface area contributed by atoms with Gasteiger partial charge in [0.15, 0.2) is 5.58 Å². The summed E-state index contributed by atoms with van der Waals surface area (Å²) in [7, 11) is 1.26. The second-order valence-electron chi connectivity index (χ2n) is 6.24. The molecule has 154 valence electrons. The van der Waals surface area contributed by atoms with Crippen molar-refractivity contribution in [2.75, 3.05) is 26.0 Å². The van der Waals surface area contributed by atoms with E-state index in [1.165, 1.54) is 34.4 Å². The van der Waals surface area contributed by atoms with E-state index in [-0.39, 0.29) is 18.3 Å². The first-order valence-corrected chi connectivity index (χ1v) is 9.90. The molecular weight excluding hydrogens is 400 g/mol. The number of hydrogen-bond donors (Lipinski definition) is 0. The van der Waals surface area contributed by atoms with Crippen molar-refractivity contribution < 1.29 is 28.3 Å². The smallest absolute Gasteiger partial charge is 0.420 e. The predicted octanol–water partition coefficient (Wildman–Crippen LogP) is 1.68. The first-order valence-electron chi connectivity index (χ1n) is 8.92. The molecule has 3 rings (SSSR count). The molecule has 1 unspecified atom stereocenters. The Balaban J connectivity index is 1.56. The standard InChI is InChI=1S/C19H20N2O7S/c1-12(21-13-6-3-4-7-14(13)28-19(21)25)18(24)27-9-5-8-20-15(22)11-29-16(20)10-17(23)26-2/h3-4,6-7,10,12H,5,8-9,11H2,1-2H3/b16-10+. The van der Waals surface area contributed by atoms with Crippen LogP contribution in [0.25, 0.3) is 11.1 Å². The number of methoxy groups -OCH3 is 1. The lowest BCUT2D eigenvalue weighted by Gasteiger charge is -2.17. The van der Waals surface area contributed by atoms with Crippen molar-refractivity contribution in [3.8, 4) is 0 Å². The largest absolute Gasteiger partial charge is 0.466 e. The molecule has 1 fully saturated rings. The highest BCUT2D eigenvalue weighted by atomic mass is 32.2. The van der Waals surface area contributed by atoms with Gasteiger partial charge in [-0.3, -0.25) is 9.36 Å². The predicted molar refractivity (Wildman–Crippen MR) is 105 cm³/mol. The van der Waals surface area contributed by atoms with Crippen LogP contribution >= 0.6 is 11.8 Å². The van der Waals surface area contributed by atoms with Crippen LogP contribution < -0.4 is 5.76 Å². The van der Waals surface area contributed by atoms with Crippen LogP contribution in [0.15, 0.2) is 44.6 Å². The highest BCUT2D eigenvalue weighted by Gasteiger charge is 2.27. The van der Waals surface area contributed by atoms with Gasteiger partial charge in [-0.05, 0) is 25.5 Å². The molecule has 0 bridgehead atoms. The van der Waals surface area contributed by atoms with Crippen molar-refractivity contribution in [3.05, 3.63) is 45.9 Å². The molecule has 29 heavy (non-hydrogen) atoms. The molecule has 9 nitrogen and oxygen atoms in total. The maximum atomic E-state index is 12.4. The second-order valence-corrected chi connectivity index (χ2v) is 7.24. The van der Waals surface area contributed by atoms with Crippen LogP contribution in [0.2, 0.25) is 0 Å². The van der Waals surface area contributed by atoms with Gasteiger partial charge >= 0.3 is 17.7 Å². The average Bonchev–Trinajstić information content (AvgIpc) is 3.23. The zero-order chi connectivity index (χ0) is 21.0. The van der Waals surface area contributed by atoms with Gasteiger partial charge in [-0.1, -0.05) is 23.9 Å². The van der Waals surface area contributed by atoms with Crippen molar-refractivity contribution in [1.29, 1.82) is 0 Å². The molecular formula is C19H20N2O7S. The molecule has 1 aliphatic rings. The summed E-state index contributed by atoms with van der Waals surface area (Å²) >= 11 is 1.25. The monoisotopic (exact) mass is 420 g/mol. The van der Waals surface area contributed by atoms with E-state index in [1.807, 2.05) is 0 Å². The number of rotatable bonds is 7. The zero-order valence-corrected chi connectivity index (χ0v) is 16.8. The molecule has 1 aromatic carbocycles. The van der Waals surface area contributed by atoms with Gasteiger partial charge in [-0.15, -0.1) is 0 Å². The minimum atomic E-state index is -0.857. The molecule has 0 aliphatic carbocycles. The Labute approximate surface area is 170 Å². The summed E-state index contributed by atoms with van der Waals surface area (Å²) in [5, 5.41) is 0.512. The van der Waals surface area contributed by atoms with E-state index in [0.717, 1.165) is 0 Å². The Morgan fingerprint density at radius 2 is 2.07 bits per heavy atom. The van der Waals surface area contributed by atoms with Gasteiger partial charge in [-0.25, -0.2) is 14.4 Å². The number of carbonyl (C=O) groups is 3. The number of benzene rings is 1. The highest BCUT2D eigenvalue weighted by Crippen LogP contribution is 2.28. The molecule has 2 heterocycles. The Bertz CT molecular complexity index is 1020. The Morgan fingerprint density at radius 3 is 2.83 bits per heavy atom. The summed E-state index contributed by atoms with van der Waals surface area (Å²) in [5.41, 5.74) is 0.909. The third kappa shape index (κ3) is 4.53. The van der Waals surface area contributed by atoms with E-state index in [4.69, 9.17) is 9.15 Å². The van der Waals surface area contributed by atoms with Crippen LogP contribution in [-0.2, 0) is 23.9 Å². The number of thioether (sulfide) groups is 1. The minimum absolute atomic E-state index is 0.0632. The Hall–Kier alpha value is -3.01. The number of hydrogen-bond acceptors (Lipinski definition) is 8. The molecule has 10 heteroatoms. The number of aromatic nitrogens is 1. The van der Waals surface area contributed by atoms with Gasteiger partial charge in [0, 0.05) is 6.54 Å². The number of ether oxygens (including phenoxy) is 2. The number of carbonyl (C=O) groups excluding carboxylic acids is 3. The third-order valence-electron chi connectivity index (χ3n) is 4.37. The number of esters is 2. The average molecular weight is 420 g/mol. The molecule has 0 saturated carbocycles. The SMILES string of the molecule is COC(=O)/C=C1/SCC(=O)N1CCCOC(=O)C(C)n1c(=O)oc2ccccc21. The summed E-state index contributed by atoms with van der Waals surface area (Å²) in [6, 6.07) is 5.96. The summed E-state index contributed by atoms with van der Waals surface area (Å²) in [4.78, 5) is 49.3. The lowest BCUT2D eigenvalue weighted by atomic mass is 10.3. The molecule has 0 radical (unpaired) electrons. The fourth-order valence-corrected chi connectivity index (χ4v) is 3.86. The molecule has 2 aromatic rings. The number of amides is 1. The molecule has 0 spiro atoms.